The molecule has 9 heteroatoms. The summed E-state index contributed by atoms with van der Waals surface area (Å²) >= 11 is 0. The molecule has 0 spiro atoms. The largest absolute Gasteiger partial charge is 0.369 e. The highest BCUT2D eigenvalue weighted by molar-refractivity contribution is 6.12. The van der Waals surface area contributed by atoms with E-state index in [0.29, 0.717) is 17.7 Å². The number of benzene rings is 3. The number of amides is 2. The van der Waals surface area contributed by atoms with Gasteiger partial charge in [-0.1, -0.05) is 24.3 Å². The molecule has 0 bridgehead atoms. The summed E-state index contributed by atoms with van der Waals surface area (Å²) in [5, 5.41) is 12.4. The summed E-state index contributed by atoms with van der Waals surface area (Å²) in [6.07, 6.45) is 5.45. The number of carbonyl (C=O) groups excluding carboxylic acids is 2. The predicted molar refractivity (Wildman–Crippen MR) is 158 cm³/mol. The summed E-state index contributed by atoms with van der Waals surface area (Å²) < 4.78 is 0. The van der Waals surface area contributed by atoms with Crippen LogP contribution in [0.3, 0.4) is 0 Å². The van der Waals surface area contributed by atoms with E-state index in [2.05, 4.69) is 60.9 Å². The Morgan fingerprint density at radius 1 is 1.05 bits per heavy atom. The highest BCUT2D eigenvalue weighted by atomic mass is 16.2. The van der Waals surface area contributed by atoms with Gasteiger partial charge >= 0.3 is 0 Å². The summed E-state index contributed by atoms with van der Waals surface area (Å²) in [5.41, 5.74) is 7.07. The lowest BCUT2D eigenvalue weighted by Crippen LogP contribution is -2.44. The number of fused-ring (bicyclic) bond motifs is 1. The second-order valence-corrected chi connectivity index (χ2v) is 10.3. The maximum absolute atomic E-state index is 12.8. The number of rotatable bonds is 7. The van der Waals surface area contributed by atoms with Crippen molar-refractivity contribution >= 4 is 40.8 Å². The van der Waals surface area contributed by atoms with Crippen molar-refractivity contribution in [1.82, 2.24) is 15.1 Å². The third-order valence-corrected chi connectivity index (χ3v) is 7.44. The van der Waals surface area contributed by atoms with Crippen LogP contribution in [-0.2, 0) is 11.2 Å². The van der Waals surface area contributed by atoms with E-state index in [1.165, 1.54) is 11.9 Å². The molecule has 0 saturated carbocycles. The van der Waals surface area contributed by atoms with Crippen LogP contribution < -0.4 is 15.5 Å². The average Bonchev–Trinajstić information content (AvgIpc) is 3.61. The number of aliphatic imine (C=N–C) groups is 1. The van der Waals surface area contributed by atoms with Crippen LogP contribution in [0.15, 0.2) is 84.1 Å². The lowest BCUT2D eigenvalue weighted by atomic mass is 9.96. The molecule has 3 N–H and O–H groups in total. The third-order valence-electron chi connectivity index (χ3n) is 7.44. The zero-order valence-corrected chi connectivity index (χ0v) is 22.3. The molecule has 40 heavy (non-hydrogen) atoms. The molecule has 1 fully saturated rings. The molecule has 0 radical (unpaired) electrons. The molecule has 2 aliphatic rings. The zero-order chi connectivity index (χ0) is 27.5. The lowest BCUT2D eigenvalue weighted by Gasteiger charge is -2.34. The van der Waals surface area contributed by atoms with E-state index in [0.717, 1.165) is 54.2 Å². The Kier molecular flexibility index (Phi) is 7.11. The molecular formula is C31H31N7O2. The van der Waals surface area contributed by atoms with Gasteiger partial charge in [0.2, 0.25) is 5.91 Å². The van der Waals surface area contributed by atoms with E-state index in [-0.39, 0.29) is 11.8 Å². The van der Waals surface area contributed by atoms with Crippen molar-refractivity contribution in [2.45, 2.75) is 12.3 Å². The number of nitrogens with zero attached hydrogens (tertiary/aromatic N) is 4. The van der Waals surface area contributed by atoms with Gasteiger partial charge in [-0.05, 0) is 72.6 Å². The molecule has 2 aliphatic heterocycles. The van der Waals surface area contributed by atoms with Crippen molar-refractivity contribution in [2.24, 2.45) is 4.99 Å². The Morgan fingerprint density at radius 2 is 1.85 bits per heavy atom. The first-order valence-electron chi connectivity index (χ1n) is 13.4. The smallest absolute Gasteiger partial charge is 0.258 e. The van der Waals surface area contributed by atoms with Crippen LogP contribution in [0.2, 0.25) is 0 Å². The second kappa shape index (κ2) is 11.2. The third kappa shape index (κ3) is 5.64. The number of hydrogen-bond donors (Lipinski definition) is 3. The van der Waals surface area contributed by atoms with Crippen LogP contribution in [0.5, 0.6) is 0 Å². The molecule has 1 aromatic heterocycles. The van der Waals surface area contributed by atoms with E-state index < -0.39 is 5.92 Å². The van der Waals surface area contributed by atoms with Crippen molar-refractivity contribution in [3.8, 4) is 0 Å². The normalized spacial score (nSPS) is 17.2. The van der Waals surface area contributed by atoms with Gasteiger partial charge in [-0.25, -0.2) is 0 Å². The number of H-pyrrole nitrogens is 1. The van der Waals surface area contributed by atoms with E-state index >= 15 is 0 Å². The summed E-state index contributed by atoms with van der Waals surface area (Å²) in [5.74, 6) is -0.745. The molecule has 1 saturated heterocycles. The Balaban J connectivity index is 1.14. The molecule has 1 atom stereocenters. The van der Waals surface area contributed by atoms with Crippen molar-refractivity contribution < 1.29 is 9.59 Å². The standard InChI is InChI=1S/C31H31N7O2/c1-37-11-13-38(14-12-37)26-8-6-24(7-9-26)32-20-28-27-17-22(5-10-29(27)36-31(28)40)15-21-3-2-4-25(16-21)35-30(39)23-18-33-34-19-23/h2-10,16-20,28H,11-15H2,1H3,(H,33,34)(H,35,39)(H,36,40). The first-order valence-corrected chi connectivity index (χ1v) is 13.4. The number of carbonyl (C=O) groups is 2. The SMILES string of the molecule is CN1CCN(c2ccc(N=CC3C(=O)Nc4ccc(Cc5cccc(NC(=O)c6cn[nH]c6)c5)cc43)cc2)CC1. The summed E-state index contributed by atoms with van der Waals surface area (Å²) in [4.78, 5) is 34.5. The van der Waals surface area contributed by atoms with Gasteiger partial charge in [0.15, 0.2) is 0 Å². The monoisotopic (exact) mass is 533 g/mol. The number of hydrogen-bond acceptors (Lipinski definition) is 6. The quantitative estimate of drug-likeness (QED) is 0.305. The molecule has 2 amide bonds. The topological polar surface area (TPSA) is 106 Å². The number of aromatic amines is 1. The summed E-state index contributed by atoms with van der Waals surface area (Å²) in [6, 6.07) is 22.0. The lowest BCUT2D eigenvalue weighted by molar-refractivity contribution is -0.115. The van der Waals surface area contributed by atoms with Gasteiger partial charge in [-0.3, -0.25) is 19.7 Å². The fraction of sp³-hybridized carbons (Fsp3) is 0.226. The predicted octanol–water partition coefficient (Wildman–Crippen LogP) is 4.44. The van der Waals surface area contributed by atoms with Crippen LogP contribution in [-0.4, -0.2) is 66.4 Å². The number of likely N-dealkylation sites (N-methyl/N-ethyl adjacent to an activating group) is 1. The van der Waals surface area contributed by atoms with Crippen molar-refractivity contribution in [2.75, 3.05) is 48.8 Å². The summed E-state index contributed by atoms with van der Waals surface area (Å²) in [6.45, 7) is 4.16. The van der Waals surface area contributed by atoms with Crippen LogP contribution in [0.4, 0.5) is 22.7 Å². The molecule has 3 aromatic carbocycles. The number of nitrogens with one attached hydrogen (secondary N) is 3. The minimum absolute atomic E-state index is 0.0751. The highest BCUT2D eigenvalue weighted by Gasteiger charge is 2.29. The van der Waals surface area contributed by atoms with Crippen LogP contribution in [0.1, 0.15) is 33.0 Å². The van der Waals surface area contributed by atoms with Gasteiger partial charge in [0.05, 0.1) is 17.4 Å². The summed E-state index contributed by atoms with van der Waals surface area (Å²) in [7, 11) is 2.15. The van der Waals surface area contributed by atoms with Gasteiger partial charge in [0, 0.05) is 55.7 Å². The van der Waals surface area contributed by atoms with E-state index in [9.17, 15) is 9.59 Å². The van der Waals surface area contributed by atoms with Gasteiger partial charge in [-0.2, -0.15) is 5.10 Å². The van der Waals surface area contributed by atoms with E-state index in [4.69, 9.17) is 0 Å². The minimum atomic E-state index is -0.451. The Bertz CT molecular complexity index is 1540. The molecular weight excluding hydrogens is 502 g/mol. The van der Waals surface area contributed by atoms with Crippen molar-refractivity contribution in [3.05, 3.63) is 101 Å². The highest BCUT2D eigenvalue weighted by Crippen LogP contribution is 2.33. The molecule has 6 rings (SSSR count). The molecule has 4 aromatic rings. The average molecular weight is 534 g/mol. The number of aromatic nitrogens is 2. The van der Waals surface area contributed by atoms with Crippen LogP contribution in [0.25, 0.3) is 0 Å². The van der Waals surface area contributed by atoms with Gasteiger partial charge in [0.1, 0.15) is 5.92 Å². The second-order valence-electron chi connectivity index (χ2n) is 10.3. The number of anilines is 3. The fourth-order valence-electron chi connectivity index (χ4n) is 5.14. The minimum Gasteiger partial charge on any atom is -0.369 e. The van der Waals surface area contributed by atoms with Gasteiger partial charge in [0.25, 0.3) is 5.91 Å². The zero-order valence-electron chi connectivity index (χ0n) is 22.3. The Morgan fingerprint density at radius 3 is 2.62 bits per heavy atom. The van der Waals surface area contributed by atoms with Crippen molar-refractivity contribution in [3.63, 3.8) is 0 Å². The van der Waals surface area contributed by atoms with Gasteiger partial charge in [-0.15, -0.1) is 0 Å². The maximum atomic E-state index is 12.8. The van der Waals surface area contributed by atoms with E-state index in [1.54, 1.807) is 12.4 Å². The van der Waals surface area contributed by atoms with Crippen molar-refractivity contribution in [1.29, 1.82) is 0 Å². The van der Waals surface area contributed by atoms with Crippen LogP contribution >= 0.6 is 0 Å². The molecule has 0 aliphatic carbocycles. The van der Waals surface area contributed by atoms with Gasteiger partial charge < -0.3 is 20.4 Å². The fourth-order valence-corrected chi connectivity index (χ4v) is 5.14. The van der Waals surface area contributed by atoms with E-state index in [1.807, 2.05) is 48.5 Å². The molecule has 202 valence electrons. The maximum Gasteiger partial charge on any atom is 0.258 e. The molecule has 9 nitrogen and oxygen atoms in total. The first kappa shape index (κ1) is 25.5. The first-order chi connectivity index (χ1) is 19.5. The molecule has 3 heterocycles. The molecule has 1 unspecified atom stereocenters. The Labute approximate surface area is 232 Å². The van der Waals surface area contributed by atoms with Crippen LogP contribution in [0, 0.1) is 0 Å². The Hall–Kier alpha value is -4.76. The number of piperazine rings is 1.